The molecular formula is C12H15NO6. The first-order valence-electron chi connectivity index (χ1n) is 5.47. The molecule has 0 saturated heterocycles. The number of benzene rings is 1. The van der Waals surface area contributed by atoms with Crippen LogP contribution in [0.15, 0.2) is 30.3 Å². The van der Waals surface area contributed by atoms with Crippen molar-refractivity contribution in [2.24, 2.45) is 0 Å². The van der Waals surface area contributed by atoms with Crippen molar-refractivity contribution in [3.05, 3.63) is 35.9 Å². The van der Waals surface area contributed by atoms with Gasteiger partial charge < -0.3 is 14.9 Å². The second kappa shape index (κ2) is 7.34. The molecule has 1 aromatic rings. The number of ether oxygens (including phenoxy) is 1. The molecule has 104 valence electrons. The van der Waals surface area contributed by atoms with E-state index in [0.29, 0.717) is 5.06 Å². The van der Waals surface area contributed by atoms with Gasteiger partial charge in [0, 0.05) is 0 Å². The number of hydrogen-bond acceptors (Lipinski definition) is 5. The molecule has 1 rings (SSSR count). The predicted molar refractivity (Wildman–Crippen MR) is 64.0 cm³/mol. The van der Waals surface area contributed by atoms with Crippen LogP contribution in [0.3, 0.4) is 0 Å². The number of carbonyl (C=O) groups excluding carboxylic acids is 1. The average Bonchev–Trinajstić information content (AvgIpc) is 2.42. The Labute approximate surface area is 109 Å². The van der Waals surface area contributed by atoms with Crippen molar-refractivity contribution in [1.29, 1.82) is 0 Å². The summed E-state index contributed by atoms with van der Waals surface area (Å²) in [7, 11) is 1.12. The summed E-state index contributed by atoms with van der Waals surface area (Å²) in [5, 5.41) is 18.2. The highest BCUT2D eigenvalue weighted by Crippen LogP contribution is 2.07. The quantitative estimate of drug-likeness (QED) is 0.735. The molecule has 19 heavy (non-hydrogen) atoms. The summed E-state index contributed by atoms with van der Waals surface area (Å²) < 4.78 is 4.90. The maximum Gasteiger partial charge on any atom is 0.435 e. The molecule has 0 unspecified atom stereocenters. The molecule has 0 heterocycles. The van der Waals surface area contributed by atoms with E-state index in [4.69, 9.17) is 14.9 Å². The second-order valence-electron chi connectivity index (χ2n) is 3.59. The van der Waals surface area contributed by atoms with Crippen molar-refractivity contribution >= 4 is 12.1 Å². The molecule has 0 fully saturated rings. The molecule has 1 aromatic carbocycles. The second-order valence-corrected chi connectivity index (χ2v) is 3.59. The van der Waals surface area contributed by atoms with Crippen LogP contribution in [0.2, 0.25) is 0 Å². The molecule has 0 aromatic heterocycles. The van der Waals surface area contributed by atoms with Gasteiger partial charge in [-0.05, 0) is 5.56 Å². The van der Waals surface area contributed by atoms with E-state index in [9.17, 15) is 9.59 Å². The minimum absolute atomic E-state index is 0.0166. The predicted octanol–water partition coefficient (Wildman–Crippen LogP) is 0.632. The van der Waals surface area contributed by atoms with Crippen molar-refractivity contribution in [2.75, 3.05) is 13.7 Å². The minimum atomic E-state index is -1.51. The number of hydroxylamine groups is 2. The van der Waals surface area contributed by atoms with Crippen LogP contribution >= 0.6 is 0 Å². The van der Waals surface area contributed by atoms with Gasteiger partial charge >= 0.3 is 12.1 Å². The van der Waals surface area contributed by atoms with Crippen LogP contribution in [0.4, 0.5) is 4.79 Å². The zero-order valence-electron chi connectivity index (χ0n) is 10.4. The molecule has 0 bridgehead atoms. The fraction of sp³-hybridized carbons (Fsp3) is 0.333. The van der Waals surface area contributed by atoms with Crippen LogP contribution in [0, 0.1) is 0 Å². The number of nitrogens with zero attached hydrogens (tertiary/aromatic N) is 1. The Morgan fingerprint density at radius 1 is 1.32 bits per heavy atom. The lowest BCUT2D eigenvalue weighted by Crippen LogP contribution is -2.46. The third kappa shape index (κ3) is 4.23. The number of carboxylic acid groups (broad SMARTS) is 1. The van der Waals surface area contributed by atoms with Crippen LogP contribution in [-0.4, -0.2) is 47.1 Å². The van der Waals surface area contributed by atoms with Crippen LogP contribution in [0.1, 0.15) is 5.56 Å². The molecule has 2 N–H and O–H groups in total. The summed E-state index contributed by atoms with van der Waals surface area (Å²) in [4.78, 5) is 27.1. The Bertz CT molecular complexity index is 421. The zero-order chi connectivity index (χ0) is 14.3. The SMILES string of the molecule is CON(C(=O)OCc1ccccc1)[C@@H](CO)C(=O)O. The van der Waals surface area contributed by atoms with Crippen LogP contribution in [-0.2, 0) is 21.0 Å². The number of aliphatic hydroxyl groups is 1. The van der Waals surface area contributed by atoms with Gasteiger partial charge in [0.1, 0.15) is 6.61 Å². The number of aliphatic carboxylic acids is 1. The number of aliphatic hydroxyl groups excluding tert-OH is 1. The molecule has 0 saturated carbocycles. The smallest absolute Gasteiger partial charge is 0.435 e. The Hall–Kier alpha value is -2.12. The normalized spacial score (nSPS) is 11.7. The number of carbonyl (C=O) groups is 2. The number of rotatable bonds is 6. The van der Waals surface area contributed by atoms with Crippen molar-refractivity contribution in [3.8, 4) is 0 Å². The van der Waals surface area contributed by atoms with Crippen LogP contribution in [0.5, 0.6) is 0 Å². The summed E-state index contributed by atoms with van der Waals surface area (Å²) in [6.07, 6.45) is -0.979. The van der Waals surface area contributed by atoms with Crippen molar-refractivity contribution < 1.29 is 29.4 Å². The fourth-order valence-electron chi connectivity index (χ4n) is 1.36. The maximum atomic E-state index is 11.7. The summed E-state index contributed by atoms with van der Waals surface area (Å²) in [6, 6.07) is 7.39. The first-order valence-corrected chi connectivity index (χ1v) is 5.47. The molecule has 7 nitrogen and oxygen atoms in total. The first-order chi connectivity index (χ1) is 9.10. The van der Waals surface area contributed by atoms with Gasteiger partial charge in [0.15, 0.2) is 6.04 Å². The molecule has 0 aliphatic rings. The van der Waals surface area contributed by atoms with E-state index in [-0.39, 0.29) is 6.61 Å². The summed E-state index contributed by atoms with van der Waals surface area (Å²) in [6.45, 7) is -0.791. The van der Waals surface area contributed by atoms with Crippen LogP contribution < -0.4 is 0 Å². The van der Waals surface area contributed by atoms with Crippen molar-refractivity contribution in [1.82, 2.24) is 5.06 Å². The van der Waals surface area contributed by atoms with E-state index in [1.165, 1.54) is 0 Å². The lowest BCUT2D eigenvalue weighted by atomic mass is 10.2. The number of carboxylic acids is 1. The van der Waals surface area contributed by atoms with E-state index < -0.39 is 24.7 Å². The molecule has 1 amide bonds. The lowest BCUT2D eigenvalue weighted by molar-refractivity contribution is -0.176. The first kappa shape index (κ1) is 14.9. The zero-order valence-corrected chi connectivity index (χ0v) is 10.4. The molecule has 0 aliphatic carbocycles. The summed E-state index contributed by atoms with van der Waals surface area (Å²) in [5.74, 6) is -1.39. The van der Waals surface area contributed by atoms with Gasteiger partial charge in [0.05, 0.1) is 13.7 Å². The third-order valence-electron chi connectivity index (χ3n) is 2.32. The monoisotopic (exact) mass is 269 g/mol. The highest BCUT2D eigenvalue weighted by molar-refractivity contribution is 5.79. The van der Waals surface area contributed by atoms with Gasteiger partial charge in [-0.15, -0.1) is 0 Å². The van der Waals surface area contributed by atoms with Gasteiger partial charge in [-0.25, -0.2) is 9.59 Å². The fourth-order valence-corrected chi connectivity index (χ4v) is 1.36. The highest BCUT2D eigenvalue weighted by Gasteiger charge is 2.31. The van der Waals surface area contributed by atoms with E-state index in [0.717, 1.165) is 12.7 Å². The molecular weight excluding hydrogens is 254 g/mol. The Morgan fingerprint density at radius 2 is 1.95 bits per heavy atom. The molecule has 0 radical (unpaired) electrons. The van der Waals surface area contributed by atoms with Gasteiger partial charge in [-0.1, -0.05) is 30.3 Å². The largest absolute Gasteiger partial charge is 0.480 e. The van der Waals surface area contributed by atoms with Gasteiger partial charge in [-0.2, -0.15) is 5.06 Å². The molecule has 0 spiro atoms. The lowest BCUT2D eigenvalue weighted by Gasteiger charge is -2.23. The Balaban J connectivity index is 2.61. The van der Waals surface area contributed by atoms with Gasteiger partial charge in [0.25, 0.3) is 0 Å². The average molecular weight is 269 g/mol. The number of hydrogen-bond donors (Lipinski definition) is 2. The molecule has 0 aliphatic heterocycles. The van der Waals surface area contributed by atoms with Crippen LogP contribution in [0.25, 0.3) is 0 Å². The Morgan fingerprint density at radius 3 is 2.42 bits per heavy atom. The van der Waals surface area contributed by atoms with E-state index in [1.807, 2.05) is 6.07 Å². The summed E-state index contributed by atoms with van der Waals surface area (Å²) >= 11 is 0. The number of amides is 1. The molecule has 7 heteroatoms. The van der Waals surface area contributed by atoms with E-state index in [2.05, 4.69) is 4.84 Å². The molecule has 1 atom stereocenters. The van der Waals surface area contributed by atoms with Crippen molar-refractivity contribution in [3.63, 3.8) is 0 Å². The summed E-state index contributed by atoms with van der Waals surface area (Å²) in [5.41, 5.74) is 0.753. The Kier molecular flexibility index (Phi) is 5.77. The minimum Gasteiger partial charge on any atom is -0.480 e. The van der Waals surface area contributed by atoms with Gasteiger partial charge in [0.2, 0.25) is 0 Å². The van der Waals surface area contributed by atoms with E-state index in [1.54, 1.807) is 24.3 Å². The van der Waals surface area contributed by atoms with Gasteiger partial charge in [-0.3, -0.25) is 4.84 Å². The highest BCUT2D eigenvalue weighted by atomic mass is 16.7. The topological polar surface area (TPSA) is 96.3 Å². The standard InChI is InChI=1S/C12H15NO6/c1-18-13(10(7-14)11(15)16)12(17)19-8-9-5-3-2-4-6-9/h2-6,10,14H,7-8H2,1H3,(H,15,16)/t10-/m0/s1. The van der Waals surface area contributed by atoms with E-state index >= 15 is 0 Å². The maximum absolute atomic E-state index is 11.7. The third-order valence-corrected chi connectivity index (χ3v) is 2.32. The van der Waals surface area contributed by atoms with Crippen molar-refractivity contribution in [2.45, 2.75) is 12.6 Å².